The summed E-state index contributed by atoms with van der Waals surface area (Å²) in [6, 6.07) is 5.22. The first-order valence-corrected chi connectivity index (χ1v) is 9.42. The summed E-state index contributed by atoms with van der Waals surface area (Å²) in [6.45, 7) is 3.86. The summed E-state index contributed by atoms with van der Waals surface area (Å²) in [5.41, 5.74) is 0.473. The van der Waals surface area contributed by atoms with Gasteiger partial charge in [-0.05, 0) is 19.1 Å². The van der Waals surface area contributed by atoms with Crippen molar-refractivity contribution in [2.45, 2.75) is 13.0 Å². The van der Waals surface area contributed by atoms with Crippen LogP contribution in [0.15, 0.2) is 41.7 Å². The summed E-state index contributed by atoms with van der Waals surface area (Å²) in [7, 11) is 0. The molecule has 1 fully saturated rings. The molecule has 0 spiro atoms. The number of morpholine rings is 1. The van der Waals surface area contributed by atoms with Crippen LogP contribution in [0.2, 0.25) is 0 Å². The van der Waals surface area contributed by atoms with E-state index in [9.17, 15) is 13.2 Å². The average molecular weight is 414 g/mol. The zero-order chi connectivity index (χ0) is 20.8. The first-order valence-electron chi connectivity index (χ1n) is 9.42. The molecule has 0 bridgehead atoms. The summed E-state index contributed by atoms with van der Waals surface area (Å²) >= 11 is 0. The summed E-state index contributed by atoms with van der Waals surface area (Å²) in [4.78, 5) is 10.7. The van der Waals surface area contributed by atoms with E-state index in [1.54, 1.807) is 6.07 Å². The van der Waals surface area contributed by atoms with Crippen molar-refractivity contribution in [1.29, 1.82) is 0 Å². The standard InChI is InChI=1S/C20H17F3N6O/c1-11-10-28(5-6-30-11)17-7-16-15(9-24-17)26-19(18-12(21)3-2-4-13(18)22)27-20-14(23)8-25-29(16)20/h2-4,7-9,11H,5-6,10H2,1H3,(H,26,27)/t11-/m0/s1. The number of amidine groups is 1. The number of aromatic nitrogens is 3. The van der Waals surface area contributed by atoms with Crippen LogP contribution in [0.3, 0.4) is 0 Å². The highest BCUT2D eigenvalue weighted by Gasteiger charge is 2.26. The highest BCUT2D eigenvalue weighted by Crippen LogP contribution is 2.33. The van der Waals surface area contributed by atoms with E-state index in [1.165, 1.54) is 16.9 Å². The van der Waals surface area contributed by atoms with Gasteiger partial charge >= 0.3 is 0 Å². The molecule has 10 heteroatoms. The molecule has 7 nitrogen and oxygen atoms in total. The summed E-state index contributed by atoms with van der Waals surface area (Å²) in [5.74, 6) is -2.01. The lowest BCUT2D eigenvalue weighted by Gasteiger charge is -2.32. The summed E-state index contributed by atoms with van der Waals surface area (Å²) < 4.78 is 50.1. The Bertz CT molecular complexity index is 1140. The molecule has 1 saturated heterocycles. The fourth-order valence-electron chi connectivity index (χ4n) is 3.61. The van der Waals surface area contributed by atoms with E-state index in [-0.39, 0.29) is 23.3 Å². The maximum atomic E-state index is 14.5. The minimum Gasteiger partial charge on any atom is -0.375 e. The Morgan fingerprint density at radius 3 is 2.70 bits per heavy atom. The van der Waals surface area contributed by atoms with E-state index in [0.29, 0.717) is 36.9 Å². The molecule has 0 saturated carbocycles. The Labute approximate surface area is 169 Å². The van der Waals surface area contributed by atoms with Gasteiger partial charge in [0.15, 0.2) is 11.6 Å². The van der Waals surface area contributed by atoms with Gasteiger partial charge in [-0.25, -0.2) is 27.8 Å². The van der Waals surface area contributed by atoms with Crippen LogP contribution in [0.4, 0.5) is 30.5 Å². The van der Waals surface area contributed by atoms with Gasteiger partial charge in [0.1, 0.15) is 23.3 Å². The molecule has 0 aliphatic carbocycles. The number of aliphatic imine (C=N–C) groups is 1. The second-order valence-corrected chi connectivity index (χ2v) is 7.10. The molecule has 0 amide bonds. The first-order chi connectivity index (χ1) is 14.5. The van der Waals surface area contributed by atoms with Crippen molar-refractivity contribution in [2.24, 2.45) is 4.99 Å². The lowest BCUT2D eigenvalue weighted by atomic mass is 10.1. The smallest absolute Gasteiger partial charge is 0.194 e. The molecule has 1 aromatic carbocycles. The van der Waals surface area contributed by atoms with Crippen molar-refractivity contribution in [1.82, 2.24) is 14.8 Å². The Hall–Kier alpha value is -3.40. The van der Waals surface area contributed by atoms with Crippen molar-refractivity contribution in [3.63, 3.8) is 0 Å². The number of halogens is 3. The lowest BCUT2D eigenvalue weighted by molar-refractivity contribution is 0.0529. The van der Waals surface area contributed by atoms with Gasteiger partial charge in [0.25, 0.3) is 0 Å². The van der Waals surface area contributed by atoms with E-state index >= 15 is 0 Å². The van der Waals surface area contributed by atoms with Crippen molar-refractivity contribution in [2.75, 3.05) is 29.9 Å². The van der Waals surface area contributed by atoms with E-state index in [4.69, 9.17) is 4.74 Å². The number of benzene rings is 1. The number of nitrogens with zero attached hydrogens (tertiary/aromatic N) is 5. The number of hydrogen-bond donors (Lipinski definition) is 1. The Kier molecular flexibility index (Phi) is 4.43. The second kappa shape index (κ2) is 7.13. The molecule has 1 atom stereocenters. The molecule has 2 aromatic heterocycles. The highest BCUT2D eigenvalue weighted by molar-refractivity contribution is 6.11. The van der Waals surface area contributed by atoms with Crippen LogP contribution in [-0.4, -0.2) is 46.4 Å². The van der Waals surface area contributed by atoms with Gasteiger partial charge < -0.3 is 15.0 Å². The Balaban J connectivity index is 1.64. The van der Waals surface area contributed by atoms with Crippen molar-refractivity contribution >= 4 is 23.2 Å². The van der Waals surface area contributed by atoms with Gasteiger partial charge in [-0.3, -0.25) is 0 Å². The topological polar surface area (TPSA) is 67.6 Å². The van der Waals surface area contributed by atoms with Gasteiger partial charge in [0.05, 0.1) is 42.0 Å². The first kappa shape index (κ1) is 18.6. The predicted octanol–water partition coefficient (Wildman–Crippen LogP) is 3.41. The van der Waals surface area contributed by atoms with Gasteiger partial charge in [-0.1, -0.05) is 6.07 Å². The number of fused-ring (bicyclic) bond motifs is 3. The van der Waals surface area contributed by atoms with Crippen molar-refractivity contribution < 1.29 is 17.9 Å². The Morgan fingerprint density at radius 2 is 1.93 bits per heavy atom. The van der Waals surface area contributed by atoms with Gasteiger partial charge in [-0.15, -0.1) is 0 Å². The molecule has 0 unspecified atom stereocenters. The number of ether oxygens (including phenoxy) is 1. The third-order valence-corrected chi connectivity index (χ3v) is 5.03. The molecule has 4 heterocycles. The Morgan fingerprint density at radius 1 is 1.13 bits per heavy atom. The minimum atomic E-state index is -0.817. The number of anilines is 2. The third-order valence-electron chi connectivity index (χ3n) is 5.03. The van der Waals surface area contributed by atoms with Crippen LogP contribution in [-0.2, 0) is 4.74 Å². The van der Waals surface area contributed by atoms with Crippen molar-refractivity contribution in [3.8, 4) is 5.69 Å². The fourth-order valence-corrected chi connectivity index (χ4v) is 3.61. The van der Waals surface area contributed by atoms with Crippen LogP contribution in [0, 0.1) is 17.5 Å². The maximum absolute atomic E-state index is 14.5. The largest absolute Gasteiger partial charge is 0.375 e. The molecule has 5 rings (SSSR count). The van der Waals surface area contributed by atoms with Crippen LogP contribution >= 0.6 is 0 Å². The number of nitrogens with one attached hydrogen (secondary N) is 1. The number of hydrogen-bond acceptors (Lipinski definition) is 6. The second-order valence-electron chi connectivity index (χ2n) is 7.10. The van der Waals surface area contributed by atoms with E-state index in [1.807, 2.05) is 6.92 Å². The molecule has 154 valence electrons. The van der Waals surface area contributed by atoms with Crippen molar-refractivity contribution in [3.05, 3.63) is 59.7 Å². The van der Waals surface area contributed by atoms with E-state index in [0.717, 1.165) is 18.3 Å². The molecular formula is C20H17F3N6O. The lowest BCUT2D eigenvalue weighted by Crippen LogP contribution is -2.41. The molecule has 3 aromatic rings. The molecule has 2 aliphatic rings. The normalized spacial score (nSPS) is 18.2. The molecule has 0 radical (unpaired) electrons. The van der Waals surface area contributed by atoms with Gasteiger partial charge in [-0.2, -0.15) is 5.10 Å². The minimum absolute atomic E-state index is 0.0501. The maximum Gasteiger partial charge on any atom is 0.194 e. The SMILES string of the molecule is C[C@H]1CN(c2cc3c(cn2)NC(c2c(F)cccc2F)=Nc2c(F)cnn2-3)CCO1. The van der Waals surface area contributed by atoms with E-state index in [2.05, 4.69) is 25.3 Å². The average Bonchev–Trinajstić information content (AvgIpc) is 2.99. The van der Waals surface area contributed by atoms with Gasteiger partial charge in [0, 0.05) is 19.2 Å². The fraction of sp³-hybridized carbons (Fsp3) is 0.250. The highest BCUT2D eigenvalue weighted by atomic mass is 19.1. The predicted molar refractivity (Wildman–Crippen MR) is 105 cm³/mol. The summed E-state index contributed by atoms with van der Waals surface area (Å²) in [6.07, 6.45) is 2.59. The molecule has 1 N–H and O–H groups in total. The summed E-state index contributed by atoms with van der Waals surface area (Å²) in [5, 5.41) is 6.96. The van der Waals surface area contributed by atoms with Crippen LogP contribution in [0.25, 0.3) is 5.69 Å². The zero-order valence-electron chi connectivity index (χ0n) is 15.9. The van der Waals surface area contributed by atoms with Gasteiger partial charge in [0.2, 0.25) is 0 Å². The van der Waals surface area contributed by atoms with Crippen LogP contribution in [0.1, 0.15) is 12.5 Å². The quantitative estimate of drug-likeness (QED) is 0.696. The molecule has 30 heavy (non-hydrogen) atoms. The third kappa shape index (κ3) is 3.09. The molecule has 2 aliphatic heterocycles. The van der Waals surface area contributed by atoms with E-state index < -0.39 is 17.5 Å². The molecular weight excluding hydrogens is 397 g/mol. The van der Waals surface area contributed by atoms with Crippen LogP contribution in [0.5, 0.6) is 0 Å². The number of rotatable bonds is 2. The van der Waals surface area contributed by atoms with Crippen LogP contribution < -0.4 is 10.2 Å². The monoisotopic (exact) mass is 414 g/mol. The number of pyridine rings is 1. The zero-order valence-corrected chi connectivity index (χ0v) is 15.9.